The maximum Gasteiger partial charge on any atom is 0.182 e. The highest BCUT2D eigenvalue weighted by molar-refractivity contribution is 5.84. The number of anilines is 1. The number of fused-ring (bicyclic) bond motifs is 1. The van der Waals surface area contributed by atoms with Gasteiger partial charge in [-0.05, 0) is 6.92 Å². The van der Waals surface area contributed by atoms with E-state index in [9.17, 15) is 0 Å². The maximum atomic E-state index is 8.58. The van der Waals surface area contributed by atoms with Gasteiger partial charge in [-0.25, -0.2) is 15.0 Å². The number of nitrogens with zero attached hydrogens (tertiary/aromatic N) is 5. The molecule has 0 aliphatic carbocycles. The van der Waals surface area contributed by atoms with Gasteiger partial charge in [-0.2, -0.15) is 0 Å². The number of hydrogen-bond donors (Lipinski definition) is 3. The van der Waals surface area contributed by atoms with Gasteiger partial charge >= 0.3 is 0 Å². The molecule has 0 aromatic carbocycles. The Labute approximate surface area is 104 Å². The summed E-state index contributed by atoms with van der Waals surface area (Å²) in [6.07, 6.45) is 3.47. The normalized spacial score (nSPS) is 13.8. The van der Waals surface area contributed by atoms with E-state index in [-0.39, 0.29) is 11.9 Å². The number of aromatic amines is 1. The molecule has 2 rings (SSSR count). The number of nitrogens with two attached hydrogens (primary N) is 1. The zero-order chi connectivity index (χ0) is 13.1. The van der Waals surface area contributed by atoms with Crippen LogP contribution in [0.2, 0.25) is 0 Å². The lowest BCUT2D eigenvalue weighted by Crippen LogP contribution is -2.33. The van der Waals surface area contributed by atoms with Gasteiger partial charge < -0.3 is 20.8 Å². The Morgan fingerprint density at radius 2 is 2.33 bits per heavy atom. The Bertz CT molecular complexity index is 564. The first kappa shape index (κ1) is 12.1. The SMILES string of the molecule is CC(CC(N)=NO)N(C)c1ncnc2nc[nH]c12. The molecule has 0 bridgehead atoms. The van der Waals surface area contributed by atoms with Crippen LogP contribution in [0.3, 0.4) is 0 Å². The lowest BCUT2D eigenvalue weighted by atomic mass is 10.2. The van der Waals surface area contributed by atoms with Gasteiger partial charge in [0.15, 0.2) is 11.5 Å². The molecule has 8 nitrogen and oxygen atoms in total. The van der Waals surface area contributed by atoms with E-state index in [1.165, 1.54) is 6.33 Å². The summed E-state index contributed by atoms with van der Waals surface area (Å²) in [4.78, 5) is 17.3. The predicted octanol–water partition coefficient (Wildman–Crippen LogP) is 0.314. The maximum absolute atomic E-state index is 8.58. The Morgan fingerprint density at radius 3 is 3.06 bits per heavy atom. The molecule has 0 spiro atoms. The molecule has 0 aliphatic rings. The molecule has 0 aliphatic heterocycles. The molecule has 0 saturated carbocycles. The molecule has 2 heterocycles. The van der Waals surface area contributed by atoms with Crippen LogP contribution in [0, 0.1) is 0 Å². The lowest BCUT2D eigenvalue weighted by molar-refractivity contribution is 0.316. The monoisotopic (exact) mass is 249 g/mol. The number of nitrogens with one attached hydrogen (secondary N) is 1. The average Bonchev–Trinajstić information content (AvgIpc) is 2.85. The number of amidine groups is 1. The highest BCUT2D eigenvalue weighted by Gasteiger charge is 2.16. The van der Waals surface area contributed by atoms with Crippen LogP contribution in [0.5, 0.6) is 0 Å². The van der Waals surface area contributed by atoms with Gasteiger partial charge in [0.1, 0.15) is 17.7 Å². The summed E-state index contributed by atoms with van der Waals surface area (Å²) in [5, 5.41) is 11.5. The van der Waals surface area contributed by atoms with E-state index in [0.717, 1.165) is 11.3 Å². The molecule has 2 aromatic heterocycles. The van der Waals surface area contributed by atoms with Crippen LogP contribution >= 0.6 is 0 Å². The van der Waals surface area contributed by atoms with E-state index in [1.54, 1.807) is 6.33 Å². The molecule has 18 heavy (non-hydrogen) atoms. The largest absolute Gasteiger partial charge is 0.409 e. The Balaban J connectivity index is 2.27. The zero-order valence-corrected chi connectivity index (χ0v) is 10.2. The van der Waals surface area contributed by atoms with Crippen molar-refractivity contribution in [1.29, 1.82) is 0 Å². The van der Waals surface area contributed by atoms with Crippen molar-refractivity contribution >= 4 is 22.8 Å². The van der Waals surface area contributed by atoms with E-state index in [4.69, 9.17) is 10.9 Å². The summed E-state index contributed by atoms with van der Waals surface area (Å²) >= 11 is 0. The quantitative estimate of drug-likeness (QED) is 0.311. The first-order valence-electron chi connectivity index (χ1n) is 5.46. The number of oxime groups is 1. The van der Waals surface area contributed by atoms with Crippen molar-refractivity contribution < 1.29 is 5.21 Å². The molecule has 4 N–H and O–H groups in total. The molecule has 0 amide bonds. The third-order valence-electron chi connectivity index (χ3n) is 2.83. The van der Waals surface area contributed by atoms with Crippen LogP contribution in [0.4, 0.5) is 5.82 Å². The first-order valence-corrected chi connectivity index (χ1v) is 5.46. The Hall–Kier alpha value is -2.38. The van der Waals surface area contributed by atoms with E-state index in [0.29, 0.717) is 12.1 Å². The number of imidazole rings is 1. The van der Waals surface area contributed by atoms with Gasteiger partial charge in [-0.15, -0.1) is 0 Å². The molecule has 1 unspecified atom stereocenters. The molecule has 0 saturated heterocycles. The minimum Gasteiger partial charge on any atom is -0.409 e. The van der Waals surface area contributed by atoms with Crippen molar-refractivity contribution in [1.82, 2.24) is 19.9 Å². The fraction of sp³-hybridized carbons (Fsp3) is 0.400. The third kappa shape index (κ3) is 2.17. The summed E-state index contributed by atoms with van der Waals surface area (Å²) in [6.45, 7) is 1.96. The van der Waals surface area contributed by atoms with Crippen LogP contribution in [0.1, 0.15) is 13.3 Å². The zero-order valence-electron chi connectivity index (χ0n) is 10.2. The molecule has 2 aromatic rings. The van der Waals surface area contributed by atoms with Crippen molar-refractivity contribution in [2.75, 3.05) is 11.9 Å². The van der Waals surface area contributed by atoms with Crippen LogP contribution < -0.4 is 10.6 Å². The van der Waals surface area contributed by atoms with Gasteiger partial charge in [0, 0.05) is 19.5 Å². The minimum absolute atomic E-state index is 0.0299. The fourth-order valence-corrected chi connectivity index (χ4v) is 1.71. The molecular weight excluding hydrogens is 234 g/mol. The van der Waals surface area contributed by atoms with Gasteiger partial charge in [-0.1, -0.05) is 5.16 Å². The molecule has 8 heteroatoms. The summed E-state index contributed by atoms with van der Waals surface area (Å²) in [7, 11) is 1.89. The fourth-order valence-electron chi connectivity index (χ4n) is 1.71. The van der Waals surface area contributed by atoms with E-state index in [2.05, 4.69) is 25.1 Å². The summed E-state index contributed by atoms with van der Waals surface area (Å²) in [6, 6.07) is 0.0299. The van der Waals surface area contributed by atoms with Gasteiger partial charge in [0.25, 0.3) is 0 Å². The highest BCUT2D eigenvalue weighted by atomic mass is 16.4. The number of hydrogen-bond acceptors (Lipinski definition) is 6. The van der Waals surface area contributed by atoms with Crippen molar-refractivity contribution in [3.8, 4) is 0 Å². The second-order valence-corrected chi connectivity index (χ2v) is 4.05. The van der Waals surface area contributed by atoms with Crippen LogP contribution in [0.15, 0.2) is 17.8 Å². The number of aromatic nitrogens is 4. The van der Waals surface area contributed by atoms with Crippen LogP contribution in [0.25, 0.3) is 11.2 Å². The topological polar surface area (TPSA) is 116 Å². The van der Waals surface area contributed by atoms with E-state index < -0.39 is 0 Å². The van der Waals surface area contributed by atoms with Crippen molar-refractivity contribution in [3.05, 3.63) is 12.7 Å². The molecule has 0 radical (unpaired) electrons. The Morgan fingerprint density at radius 1 is 1.56 bits per heavy atom. The lowest BCUT2D eigenvalue weighted by Gasteiger charge is -2.25. The Kier molecular flexibility index (Phi) is 3.26. The summed E-state index contributed by atoms with van der Waals surface area (Å²) < 4.78 is 0. The molecule has 96 valence electrons. The van der Waals surface area contributed by atoms with Gasteiger partial charge in [0.2, 0.25) is 0 Å². The van der Waals surface area contributed by atoms with E-state index >= 15 is 0 Å². The van der Waals surface area contributed by atoms with Gasteiger partial charge in [0.05, 0.1) is 6.33 Å². The van der Waals surface area contributed by atoms with Crippen LogP contribution in [-0.2, 0) is 0 Å². The molecule has 0 fully saturated rings. The van der Waals surface area contributed by atoms with Gasteiger partial charge in [-0.3, -0.25) is 0 Å². The van der Waals surface area contributed by atoms with Crippen LogP contribution in [-0.4, -0.2) is 44.1 Å². The average molecular weight is 249 g/mol. The smallest absolute Gasteiger partial charge is 0.182 e. The highest BCUT2D eigenvalue weighted by Crippen LogP contribution is 2.20. The predicted molar refractivity (Wildman–Crippen MR) is 67.6 cm³/mol. The first-order chi connectivity index (χ1) is 8.63. The second kappa shape index (κ2) is 4.86. The summed E-state index contributed by atoms with van der Waals surface area (Å²) in [5.41, 5.74) is 6.89. The third-order valence-corrected chi connectivity index (χ3v) is 2.83. The van der Waals surface area contributed by atoms with Crippen molar-refractivity contribution in [2.45, 2.75) is 19.4 Å². The standard InChI is InChI=1S/C10H15N7O/c1-6(3-7(11)16-18)17(2)10-8-9(13-4-12-8)14-5-15-10/h4-6,18H,3H2,1-2H3,(H2,11,16)(H,12,13,14,15). The van der Waals surface area contributed by atoms with Crippen molar-refractivity contribution in [2.24, 2.45) is 10.9 Å². The number of rotatable bonds is 4. The minimum atomic E-state index is 0.0299. The number of H-pyrrole nitrogens is 1. The van der Waals surface area contributed by atoms with E-state index in [1.807, 2.05) is 18.9 Å². The molecular formula is C10H15N7O. The summed E-state index contributed by atoms with van der Waals surface area (Å²) in [5.74, 6) is 0.917. The second-order valence-electron chi connectivity index (χ2n) is 4.05. The van der Waals surface area contributed by atoms with Crippen molar-refractivity contribution in [3.63, 3.8) is 0 Å². The molecule has 1 atom stereocenters.